The lowest BCUT2D eigenvalue weighted by Crippen LogP contribution is -2.42. The van der Waals surface area contributed by atoms with Crippen LogP contribution in [0.2, 0.25) is 0 Å². The van der Waals surface area contributed by atoms with Crippen LogP contribution in [0.1, 0.15) is 23.2 Å². The van der Waals surface area contributed by atoms with Gasteiger partial charge in [0.05, 0.1) is 11.5 Å². The molecule has 1 fully saturated rings. The second kappa shape index (κ2) is 7.74. The number of ether oxygens (including phenoxy) is 1. The van der Waals surface area contributed by atoms with Gasteiger partial charge in [-0.2, -0.15) is 0 Å². The van der Waals surface area contributed by atoms with Crippen molar-refractivity contribution in [1.29, 1.82) is 0 Å². The standard InChI is InChI=1S/C15H20INO4S/c1-21-8-3-7-17(14-6-9-22(19,20)11-14)15(18)12-4-2-5-13(16)10-12/h2,4-5,10,14H,3,6-9,11H2,1H3. The molecule has 1 amide bonds. The van der Waals surface area contributed by atoms with Crippen molar-refractivity contribution >= 4 is 38.3 Å². The Balaban J connectivity index is 2.18. The molecule has 1 aromatic rings. The molecule has 1 heterocycles. The maximum absolute atomic E-state index is 12.8. The summed E-state index contributed by atoms with van der Waals surface area (Å²) < 4.78 is 29.5. The monoisotopic (exact) mass is 437 g/mol. The molecule has 0 N–H and O–H groups in total. The fourth-order valence-electron chi connectivity index (χ4n) is 2.64. The summed E-state index contributed by atoms with van der Waals surface area (Å²) in [4.78, 5) is 14.5. The predicted octanol–water partition coefficient (Wildman–Crippen LogP) is 1.96. The van der Waals surface area contributed by atoms with Crippen LogP contribution in [-0.4, -0.2) is 57.0 Å². The quantitative estimate of drug-likeness (QED) is 0.504. The SMILES string of the molecule is COCCCN(C(=O)c1cccc(I)c1)C1CCS(=O)(=O)C1. The van der Waals surface area contributed by atoms with Gasteiger partial charge in [-0.3, -0.25) is 4.79 Å². The Morgan fingerprint density at radius 2 is 2.23 bits per heavy atom. The number of benzene rings is 1. The van der Waals surface area contributed by atoms with Gasteiger partial charge in [0.1, 0.15) is 0 Å². The fraction of sp³-hybridized carbons (Fsp3) is 0.533. The zero-order chi connectivity index (χ0) is 16.2. The summed E-state index contributed by atoms with van der Waals surface area (Å²) in [5.74, 6) is 0.130. The predicted molar refractivity (Wildman–Crippen MR) is 93.7 cm³/mol. The topological polar surface area (TPSA) is 63.7 Å². The number of amides is 1. The van der Waals surface area contributed by atoms with Crippen molar-refractivity contribution in [3.63, 3.8) is 0 Å². The van der Waals surface area contributed by atoms with E-state index in [4.69, 9.17) is 4.74 Å². The van der Waals surface area contributed by atoms with Crippen LogP contribution in [0.25, 0.3) is 0 Å². The summed E-state index contributed by atoms with van der Waals surface area (Å²) in [6.07, 6.45) is 1.22. The minimum Gasteiger partial charge on any atom is -0.385 e. The summed E-state index contributed by atoms with van der Waals surface area (Å²) >= 11 is 2.16. The molecule has 0 aromatic heterocycles. The Morgan fingerprint density at radius 1 is 1.45 bits per heavy atom. The molecular formula is C15H20INO4S. The second-order valence-corrected chi connectivity index (χ2v) is 8.89. The number of methoxy groups -OCH3 is 1. The molecule has 1 aliphatic heterocycles. The van der Waals surface area contributed by atoms with Gasteiger partial charge in [0.25, 0.3) is 5.91 Å². The van der Waals surface area contributed by atoms with Crippen molar-refractivity contribution in [2.24, 2.45) is 0 Å². The van der Waals surface area contributed by atoms with Gasteiger partial charge >= 0.3 is 0 Å². The first-order chi connectivity index (χ1) is 10.4. The van der Waals surface area contributed by atoms with Crippen molar-refractivity contribution in [3.05, 3.63) is 33.4 Å². The Bertz CT molecular complexity index is 632. The zero-order valence-electron chi connectivity index (χ0n) is 12.5. The summed E-state index contributed by atoms with van der Waals surface area (Å²) in [7, 11) is -1.40. The van der Waals surface area contributed by atoms with Gasteiger partial charge in [-0.05, 0) is 53.6 Å². The van der Waals surface area contributed by atoms with Crippen molar-refractivity contribution in [1.82, 2.24) is 4.90 Å². The van der Waals surface area contributed by atoms with E-state index in [1.54, 1.807) is 18.1 Å². The van der Waals surface area contributed by atoms with E-state index in [1.165, 1.54) is 0 Å². The smallest absolute Gasteiger partial charge is 0.254 e. The molecule has 1 unspecified atom stereocenters. The molecule has 0 spiro atoms. The Kier molecular flexibility index (Phi) is 6.22. The highest BCUT2D eigenvalue weighted by Gasteiger charge is 2.34. The molecule has 7 heteroatoms. The molecule has 0 radical (unpaired) electrons. The number of sulfone groups is 1. The summed E-state index contributed by atoms with van der Waals surface area (Å²) in [5.41, 5.74) is 0.605. The highest BCUT2D eigenvalue weighted by Crippen LogP contribution is 2.21. The van der Waals surface area contributed by atoms with Crippen LogP contribution in [0.15, 0.2) is 24.3 Å². The van der Waals surface area contributed by atoms with E-state index in [-0.39, 0.29) is 23.5 Å². The van der Waals surface area contributed by atoms with E-state index in [2.05, 4.69) is 22.6 Å². The minimum atomic E-state index is -3.02. The number of hydrogen-bond acceptors (Lipinski definition) is 4. The molecule has 22 heavy (non-hydrogen) atoms. The lowest BCUT2D eigenvalue weighted by Gasteiger charge is -2.28. The van der Waals surface area contributed by atoms with Gasteiger partial charge < -0.3 is 9.64 Å². The molecule has 1 aliphatic rings. The maximum Gasteiger partial charge on any atom is 0.254 e. The summed E-state index contributed by atoms with van der Waals surface area (Å²) in [5, 5.41) is 0. The maximum atomic E-state index is 12.8. The number of halogens is 1. The Hall–Kier alpha value is -0.670. The van der Waals surface area contributed by atoms with Crippen molar-refractivity contribution in [3.8, 4) is 0 Å². The molecule has 0 saturated carbocycles. The summed E-state index contributed by atoms with van der Waals surface area (Å²) in [6.45, 7) is 1.06. The molecule has 5 nitrogen and oxygen atoms in total. The van der Waals surface area contributed by atoms with Crippen molar-refractivity contribution in [2.45, 2.75) is 18.9 Å². The largest absolute Gasteiger partial charge is 0.385 e. The van der Waals surface area contributed by atoms with Crippen LogP contribution in [0, 0.1) is 3.57 Å². The lowest BCUT2D eigenvalue weighted by atomic mass is 10.1. The average molecular weight is 437 g/mol. The van der Waals surface area contributed by atoms with E-state index in [0.29, 0.717) is 31.6 Å². The number of nitrogens with zero attached hydrogens (tertiary/aromatic N) is 1. The average Bonchev–Trinajstić information content (AvgIpc) is 2.83. The van der Waals surface area contributed by atoms with E-state index in [9.17, 15) is 13.2 Å². The normalized spacial score (nSPS) is 20.0. The molecule has 1 atom stereocenters. The molecule has 2 rings (SSSR count). The third-order valence-electron chi connectivity index (χ3n) is 3.73. The fourth-order valence-corrected chi connectivity index (χ4v) is 4.91. The zero-order valence-corrected chi connectivity index (χ0v) is 15.5. The van der Waals surface area contributed by atoms with Gasteiger partial charge in [0, 0.05) is 35.4 Å². The molecule has 0 aliphatic carbocycles. The summed E-state index contributed by atoms with van der Waals surface area (Å²) in [6, 6.07) is 7.14. The van der Waals surface area contributed by atoms with E-state index >= 15 is 0 Å². The first kappa shape index (κ1) is 17.7. The van der Waals surface area contributed by atoms with Crippen LogP contribution in [-0.2, 0) is 14.6 Å². The van der Waals surface area contributed by atoms with Gasteiger partial charge in [0.15, 0.2) is 9.84 Å². The van der Waals surface area contributed by atoms with Gasteiger partial charge in [-0.15, -0.1) is 0 Å². The highest BCUT2D eigenvalue weighted by molar-refractivity contribution is 14.1. The van der Waals surface area contributed by atoms with E-state index in [0.717, 1.165) is 3.57 Å². The molecule has 1 aromatic carbocycles. The van der Waals surface area contributed by atoms with E-state index < -0.39 is 9.84 Å². The number of rotatable bonds is 6. The van der Waals surface area contributed by atoms with Crippen LogP contribution in [0.5, 0.6) is 0 Å². The molecule has 122 valence electrons. The Labute approximate surface area is 145 Å². The van der Waals surface area contributed by atoms with Gasteiger partial charge in [-0.25, -0.2) is 8.42 Å². The van der Waals surface area contributed by atoms with Crippen LogP contribution < -0.4 is 0 Å². The molecule has 0 bridgehead atoms. The van der Waals surface area contributed by atoms with Crippen molar-refractivity contribution in [2.75, 3.05) is 31.8 Å². The van der Waals surface area contributed by atoms with Gasteiger partial charge in [0.2, 0.25) is 0 Å². The van der Waals surface area contributed by atoms with E-state index in [1.807, 2.05) is 18.2 Å². The van der Waals surface area contributed by atoms with Crippen molar-refractivity contribution < 1.29 is 17.9 Å². The van der Waals surface area contributed by atoms with Crippen LogP contribution in [0.4, 0.5) is 0 Å². The van der Waals surface area contributed by atoms with Gasteiger partial charge in [-0.1, -0.05) is 6.07 Å². The number of carbonyl (C=O) groups excluding carboxylic acids is 1. The van der Waals surface area contributed by atoms with Crippen LogP contribution >= 0.6 is 22.6 Å². The number of hydrogen-bond donors (Lipinski definition) is 0. The first-order valence-electron chi connectivity index (χ1n) is 7.19. The highest BCUT2D eigenvalue weighted by atomic mass is 127. The molecular weight excluding hydrogens is 417 g/mol. The Morgan fingerprint density at radius 3 is 2.82 bits per heavy atom. The third-order valence-corrected chi connectivity index (χ3v) is 6.15. The first-order valence-corrected chi connectivity index (χ1v) is 10.1. The third kappa shape index (κ3) is 4.66. The minimum absolute atomic E-state index is 0.0651. The molecule has 1 saturated heterocycles. The lowest BCUT2D eigenvalue weighted by molar-refractivity contribution is 0.0674. The van der Waals surface area contributed by atoms with Crippen LogP contribution in [0.3, 0.4) is 0 Å². The second-order valence-electron chi connectivity index (χ2n) is 5.41. The number of carbonyl (C=O) groups is 1.